The summed E-state index contributed by atoms with van der Waals surface area (Å²) < 4.78 is 5.50. The number of allylic oxidation sites excluding steroid dienone is 4. The SMILES string of the molecule is COC1=CC2=CC[C@@H]3[C@H](CC[C@]4(C)C(=O)[C@@H](CO)C[C@@H]34)[C@@]2(C)CC1. The van der Waals surface area contributed by atoms with Crippen molar-refractivity contribution in [1.29, 1.82) is 0 Å². The van der Waals surface area contributed by atoms with Crippen LogP contribution in [0.25, 0.3) is 0 Å². The lowest BCUT2D eigenvalue weighted by Gasteiger charge is -2.55. The molecule has 1 N–H and O–H groups in total. The molecule has 0 heterocycles. The van der Waals surface area contributed by atoms with Crippen LogP contribution in [0.2, 0.25) is 0 Å². The maximum Gasteiger partial charge on any atom is 0.144 e. The molecule has 0 aromatic rings. The molecule has 0 aliphatic heterocycles. The molecule has 4 aliphatic carbocycles. The third kappa shape index (κ3) is 2.03. The van der Waals surface area contributed by atoms with Crippen LogP contribution >= 0.6 is 0 Å². The molecule has 4 aliphatic rings. The number of hydrogen-bond donors (Lipinski definition) is 1. The lowest BCUT2D eigenvalue weighted by molar-refractivity contribution is -0.134. The fourth-order valence-electron chi connectivity index (χ4n) is 6.56. The lowest BCUT2D eigenvalue weighted by Crippen LogP contribution is -2.49. The van der Waals surface area contributed by atoms with E-state index in [9.17, 15) is 9.90 Å². The van der Waals surface area contributed by atoms with Crippen molar-refractivity contribution in [2.45, 2.75) is 52.4 Å². The van der Waals surface area contributed by atoms with Gasteiger partial charge < -0.3 is 9.84 Å². The Kier molecular flexibility index (Phi) is 3.72. The topological polar surface area (TPSA) is 46.5 Å². The summed E-state index contributed by atoms with van der Waals surface area (Å²) in [6.07, 6.45) is 11.0. The van der Waals surface area contributed by atoms with Crippen molar-refractivity contribution in [2.75, 3.05) is 13.7 Å². The predicted octanol–water partition coefficient (Wildman–Crippen LogP) is 3.88. The van der Waals surface area contributed by atoms with Gasteiger partial charge >= 0.3 is 0 Å². The highest BCUT2D eigenvalue weighted by Gasteiger charge is 2.60. The number of Topliss-reactive ketones (excluding diaryl/α,β-unsaturated/α-hetero) is 1. The molecule has 6 atom stereocenters. The summed E-state index contributed by atoms with van der Waals surface area (Å²) in [5.41, 5.74) is 1.49. The number of carbonyl (C=O) groups excluding carboxylic acids is 1. The summed E-state index contributed by atoms with van der Waals surface area (Å²) >= 11 is 0. The van der Waals surface area contributed by atoms with Gasteiger partial charge in [0, 0.05) is 17.8 Å². The minimum atomic E-state index is -0.196. The summed E-state index contributed by atoms with van der Waals surface area (Å²) in [6, 6.07) is 0. The second kappa shape index (κ2) is 5.45. The highest BCUT2D eigenvalue weighted by atomic mass is 16.5. The first-order valence-corrected chi connectivity index (χ1v) is 9.54. The van der Waals surface area contributed by atoms with Gasteiger partial charge in [-0.1, -0.05) is 19.9 Å². The second-order valence-corrected chi connectivity index (χ2v) is 8.94. The Morgan fingerprint density at radius 3 is 2.75 bits per heavy atom. The van der Waals surface area contributed by atoms with E-state index in [1.165, 1.54) is 5.57 Å². The van der Waals surface area contributed by atoms with Crippen LogP contribution in [-0.4, -0.2) is 24.6 Å². The Morgan fingerprint density at radius 1 is 1.25 bits per heavy atom. The van der Waals surface area contributed by atoms with E-state index in [-0.39, 0.29) is 23.4 Å². The minimum Gasteiger partial charge on any atom is -0.501 e. The number of hydrogen-bond acceptors (Lipinski definition) is 3. The van der Waals surface area contributed by atoms with E-state index in [2.05, 4.69) is 26.0 Å². The molecule has 0 saturated heterocycles. The molecule has 132 valence electrons. The molecule has 4 rings (SSSR count). The minimum absolute atomic E-state index is 0.0284. The molecule has 3 nitrogen and oxygen atoms in total. The molecule has 0 radical (unpaired) electrons. The third-order valence-corrected chi connectivity index (χ3v) is 8.08. The molecular formula is C21H30O3. The second-order valence-electron chi connectivity index (χ2n) is 8.94. The Hall–Kier alpha value is -1.09. The third-order valence-electron chi connectivity index (χ3n) is 8.08. The van der Waals surface area contributed by atoms with Crippen molar-refractivity contribution in [3.05, 3.63) is 23.5 Å². The molecule has 3 heteroatoms. The summed E-state index contributed by atoms with van der Waals surface area (Å²) in [6.45, 7) is 4.64. The summed E-state index contributed by atoms with van der Waals surface area (Å²) in [7, 11) is 1.77. The number of fused-ring (bicyclic) bond motifs is 5. The van der Waals surface area contributed by atoms with Crippen LogP contribution in [0.4, 0.5) is 0 Å². The first-order valence-electron chi connectivity index (χ1n) is 9.54. The van der Waals surface area contributed by atoms with Crippen molar-refractivity contribution < 1.29 is 14.6 Å². The fourth-order valence-corrected chi connectivity index (χ4v) is 6.56. The van der Waals surface area contributed by atoms with Gasteiger partial charge in [-0.05, 0) is 66.9 Å². The summed E-state index contributed by atoms with van der Waals surface area (Å²) in [4.78, 5) is 12.8. The first-order chi connectivity index (χ1) is 11.4. The van der Waals surface area contributed by atoms with Crippen molar-refractivity contribution in [3.63, 3.8) is 0 Å². The summed E-state index contributed by atoms with van der Waals surface area (Å²) in [5.74, 6) is 3.02. The average molecular weight is 330 g/mol. The van der Waals surface area contributed by atoms with Crippen LogP contribution in [0.15, 0.2) is 23.5 Å². The number of ketones is 1. The summed E-state index contributed by atoms with van der Waals surface area (Å²) in [5, 5.41) is 9.63. The zero-order valence-electron chi connectivity index (χ0n) is 15.2. The van der Waals surface area contributed by atoms with Gasteiger partial charge in [0.25, 0.3) is 0 Å². The van der Waals surface area contributed by atoms with Crippen LogP contribution in [-0.2, 0) is 9.53 Å². The average Bonchev–Trinajstić information content (AvgIpc) is 2.85. The standard InChI is InChI=1S/C21H30O3/c1-20-8-6-15(24-3)11-14(20)4-5-16-17(20)7-9-21(2)18(16)10-13(12-22)19(21)23/h4,11,13,16-18,22H,5-10,12H2,1-3H3/t13-,16-,17+,18+,20+,21+/m1/s1. The van der Waals surface area contributed by atoms with Gasteiger partial charge in [0.2, 0.25) is 0 Å². The number of ether oxygens (including phenoxy) is 1. The number of methoxy groups -OCH3 is 1. The zero-order valence-corrected chi connectivity index (χ0v) is 15.2. The van der Waals surface area contributed by atoms with E-state index in [1.54, 1.807) is 7.11 Å². The maximum absolute atomic E-state index is 12.8. The van der Waals surface area contributed by atoms with E-state index in [1.807, 2.05) is 0 Å². The molecule has 0 spiro atoms. The highest BCUT2D eigenvalue weighted by molar-refractivity contribution is 5.89. The van der Waals surface area contributed by atoms with E-state index in [4.69, 9.17) is 4.74 Å². The van der Waals surface area contributed by atoms with Crippen molar-refractivity contribution in [2.24, 2.45) is 34.5 Å². The Bertz CT molecular complexity index is 619. The van der Waals surface area contributed by atoms with Crippen LogP contribution in [0.5, 0.6) is 0 Å². The largest absolute Gasteiger partial charge is 0.501 e. The number of aliphatic hydroxyl groups excluding tert-OH is 1. The first kappa shape index (κ1) is 16.4. The van der Waals surface area contributed by atoms with E-state index >= 15 is 0 Å². The monoisotopic (exact) mass is 330 g/mol. The van der Waals surface area contributed by atoms with E-state index in [0.29, 0.717) is 23.5 Å². The van der Waals surface area contributed by atoms with Crippen LogP contribution in [0, 0.1) is 34.5 Å². The molecule has 2 saturated carbocycles. The van der Waals surface area contributed by atoms with E-state index in [0.717, 1.165) is 44.3 Å². The number of carbonyl (C=O) groups is 1. The predicted molar refractivity (Wildman–Crippen MR) is 93.1 cm³/mol. The number of aliphatic hydroxyl groups is 1. The molecule has 0 unspecified atom stereocenters. The molecule has 0 aromatic carbocycles. The molecule has 2 fully saturated rings. The van der Waals surface area contributed by atoms with Crippen molar-refractivity contribution >= 4 is 5.78 Å². The quantitative estimate of drug-likeness (QED) is 0.836. The van der Waals surface area contributed by atoms with E-state index < -0.39 is 0 Å². The van der Waals surface area contributed by atoms with Gasteiger partial charge in [-0.15, -0.1) is 0 Å². The lowest BCUT2D eigenvalue weighted by atomic mass is 9.49. The Balaban J connectivity index is 1.69. The Labute approximate surface area is 145 Å². The molecule has 0 aromatic heterocycles. The van der Waals surface area contributed by atoms with Gasteiger partial charge in [-0.25, -0.2) is 0 Å². The van der Waals surface area contributed by atoms with Crippen LogP contribution in [0.3, 0.4) is 0 Å². The van der Waals surface area contributed by atoms with Gasteiger partial charge in [0.1, 0.15) is 5.78 Å². The van der Waals surface area contributed by atoms with Gasteiger partial charge in [0.05, 0.1) is 19.5 Å². The van der Waals surface area contributed by atoms with Crippen molar-refractivity contribution in [1.82, 2.24) is 0 Å². The highest BCUT2D eigenvalue weighted by Crippen LogP contribution is 2.64. The van der Waals surface area contributed by atoms with Gasteiger partial charge in [-0.3, -0.25) is 4.79 Å². The molecular weight excluding hydrogens is 300 g/mol. The Morgan fingerprint density at radius 2 is 2.04 bits per heavy atom. The fraction of sp³-hybridized carbons (Fsp3) is 0.762. The zero-order chi connectivity index (χ0) is 17.1. The van der Waals surface area contributed by atoms with Crippen molar-refractivity contribution in [3.8, 4) is 0 Å². The van der Waals surface area contributed by atoms with Crippen LogP contribution < -0.4 is 0 Å². The van der Waals surface area contributed by atoms with Crippen LogP contribution in [0.1, 0.15) is 52.4 Å². The maximum atomic E-state index is 12.8. The molecule has 24 heavy (non-hydrogen) atoms. The smallest absolute Gasteiger partial charge is 0.144 e. The van der Waals surface area contributed by atoms with Gasteiger partial charge in [0.15, 0.2) is 0 Å². The van der Waals surface area contributed by atoms with Gasteiger partial charge in [-0.2, -0.15) is 0 Å². The number of rotatable bonds is 2. The molecule has 0 amide bonds. The normalized spacial score (nSPS) is 47.2. The molecule has 0 bridgehead atoms.